The highest BCUT2D eigenvalue weighted by Gasteiger charge is 2.39. The van der Waals surface area contributed by atoms with Gasteiger partial charge >= 0.3 is 6.09 Å². The summed E-state index contributed by atoms with van der Waals surface area (Å²) in [5, 5.41) is 10.1. The fourth-order valence-corrected chi connectivity index (χ4v) is 7.75. The van der Waals surface area contributed by atoms with Gasteiger partial charge in [0.15, 0.2) is 0 Å². The van der Waals surface area contributed by atoms with E-state index in [1.165, 1.54) is 32.5 Å². The van der Waals surface area contributed by atoms with Gasteiger partial charge in [-0.2, -0.15) is 0 Å². The highest BCUT2D eigenvalue weighted by Crippen LogP contribution is 2.33. The van der Waals surface area contributed by atoms with E-state index in [4.69, 9.17) is 0 Å². The van der Waals surface area contributed by atoms with Gasteiger partial charge in [0.05, 0.1) is 10.6 Å². The Labute approximate surface area is 259 Å². The summed E-state index contributed by atoms with van der Waals surface area (Å²) in [5.41, 5.74) is 2.91. The van der Waals surface area contributed by atoms with Gasteiger partial charge in [-0.25, -0.2) is 17.6 Å². The number of benzene rings is 4. The molecule has 0 bridgehead atoms. The standard InChI is InChI=1S/C35H38FN3O4S/c36-30-18-20-34(21-19-30)44(42,43)39(31-15-8-3-9-16-31)33-22-24-38(35(40)41)32(25-33)17-10-23-37(26-28-11-4-1-5-12-28)27-29-13-6-2-7-14-29/h1-9,11-16,18-21,32-33H,10,17,22-27H2,(H,40,41)/t32?,33-/m0/s1. The summed E-state index contributed by atoms with van der Waals surface area (Å²) in [6.45, 7) is 2.52. The number of anilines is 1. The van der Waals surface area contributed by atoms with E-state index in [0.29, 0.717) is 24.9 Å². The Kier molecular flexibility index (Phi) is 10.3. The van der Waals surface area contributed by atoms with E-state index in [9.17, 15) is 22.7 Å². The van der Waals surface area contributed by atoms with Crippen molar-refractivity contribution < 1.29 is 22.7 Å². The van der Waals surface area contributed by atoms with Crippen LogP contribution in [0.25, 0.3) is 0 Å². The predicted molar refractivity (Wildman–Crippen MR) is 170 cm³/mol. The Bertz CT molecular complexity index is 1550. The van der Waals surface area contributed by atoms with Crippen LogP contribution in [0.15, 0.2) is 120 Å². The lowest BCUT2D eigenvalue weighted by atomic mass is 9.93. The monoisotopic (exact) mass is 615 g/mol. The molecule has 4 aromatic rings. The van der Waals surface area contributed by atoms with Crippen molar-refractivity contribution in [1.29, 1.82) is 0 Å². The minimum atomic E-state index is -4.04. The van der Waals surface area contributed by atoms with Crippen LogP contribution in [0.5, 0.6) is 0 Å². The fourth-order valence-electron chi connectivity index (χ4n) is 6.06. The molecule has 1 N–H and O–H groups in total. The van der Waals surface area contributed by atoms with Crippen molar-refractivity contribution in [2.24, 2.45) is 0 Å². The Morgan fingerprint density at radius 2 is 1.36 bits per heavy atom. The number of piperidine rings is 1. The van der Waals surface area contributed by atoms with Crippen LogP contribution >= 0.6 is 0 Å². The zero-order valence-electron chi connectivity index (χ0n) is 24.6. The van der Waals surface area contributed by atoms with Crippen LogP contribution in [0.1, 0.15) is 36.8 Å². The lowest BCUT2D eigenvalue weighted by Gasteiger charge is -2.42. The number of para-hydroxylation sites is 1. The first-order chi connectivity index (χ1) is 21.3. The van der Waals surface area contributed by atoms with Gasteiger partial charge in [-0.15, -0.1) is 0 Å². The number of carbonyl (C=O) groups is 1. The molecule has 1 unspecified atom stereocenters. The third-order valence-corrected chi connectivity index (χ3v) is 10.1. The summed E-state index contributed by atoms with van der Waals surface area (Å²) in [4.78, 5) is 16.1. The molecule has 44 heavy (non-hydrogen) atoms. The number of rotatable bonds is 12. The Morgan fingerprint density at radius 3 is 1.91 bits per heavy atom. The van der Waals surface area contributed by atoms with Gasteiger partial charge in [-0.1, -0.05) is 78.9 Å². The summed E-state index contributed by atoms with van der Waals surface area (Å²) >= 11 is 0. The summed E-state index contributed by atoms with van der Waals surface area (Å²) in [6, 6.07) is 33.4. The fraction of sp³-hybridized carbons (Fsp3) is 0.286. The van der Waals surface area contributed by atoms with Crippen LogP contribution in [0.3, 0.4) is 0 Å². The van der Waals surface area contributed by atoms with Gasteiger partial charge in [0.25, 0.3) is 10.0 Å². The molecular weight excluding hydrogens is 577 g/mol. The van der Waals surface area contributed by atoms with Crippen LogP contribution in [-0.2, 0) is 23.1 Å². The molecule has 0 aliphatic carbocycles. The van der Waals surface area contributed by atoms with Crippen LogP contribution in [0, 0.1) is 5.82 Å². The molecule has 1 amide bonds. The van der Waals surface area contributed by atoms with Crippen molar-refractivity contribution in [1.82, 2.24) is 9.80 Å². The molecule has 1 fully saturated rings. The second kappa shape index (κ2) is 14.5. The van der Waals surface area contributed by atoms with Gasteiger partial charge in [0.1, 0.15) is 5.82 Å². The maximum absolute atomic E-state index is 14.0. The second-order valence-corrected chi connectivity index (χ2v) is 13.0. The molecule has 1 aliphatic heterocycles. The maximum atomic E-state index is 14.0. The van der Waals surface area contributed by atoms with Crippen LogP contribution in [0.4, 0.5) is 14.9 Å². The van der Waals surface area contributed by atoms with Gasteiger partial charge in [-0.05, 0) is 79.8 Å². The number of likely N-dealkylation sites (tertiary alicyclic amines) is 1. The number of hydrogen-bond acceptors (Lipinski definition) is 4. The van der Waals surface area contributed by atoms with Crippen molar-refractivity contribution >= 4 is 21.8 Å². The van der Waals surface area contributed by atoms with E-state index in [2.05, 4.69) is 29.2 Å². The number of nitrogens with zero attached hydrogens (tertiary/aromatic N) is 3. The first kappa shape index (κ1) is 31.2. The minimum Gasteiger partial charge on any atom is -0.465 e. The van der Waals surface area contributed by atoms with Crippen LogP contribution < -0.4 is 4.31 Å². The first-order valence-electron chi connectivity index (χ1n) is 15.0. The van der Waals surface area contributed by atoms with Crippen molar-refractivity contribution in [3.8, 4) is 0 Å². The average Bonchev–Trinajstić information content (AvgIpc) is 3.03. The Hall–Kier alpha value is -4.21. The molecular formula is C35H38FN3O4S. The molecule has 7 nitrogen and oxygen atoms in total. The summed E-state index contributed by atoms with van der Waals surface area (Å²) in [7, 11) is -4.04. The highest BCUT2D eigenvalue weighted by molar-refractivity contribution is 7.92. The summed E-state index contributed by atoms with van der Waals surface area (Å²) in [6.07, 6.45) is 1.07. The zero-order chi connectivity index (χ0) is 30.9. The molecule has 2 atom stereocenters. The molecule has 4 aromatic carbocycles. The van der Waals surface area contributed by atoms with E-state index in [1.54, 1.807) is 24.3 Å². The van der Waals surface area contributed by atoms with Crippen molar-refractivity contribution in [3.05, 3.63) is 132 Å². The predicted octanol–water partition coefficient (Wildman–Crippen LogP) is 7.01. The summed E-state index contributed by atoms with van der Waals surface area (Å²) < 4.78 is 43.0. The zero-order valence-corrected chi connectivity index (χ0v) is 25.4. The van der Waals surface area contributed by atoms with E-state index >= 15 is 0 Å². The molecule has 230 valence electrons. The van der Waals surface area contributed by atoms with Crippen molar-refractivity contribution in [3.63, 3.8) is 0 Å². The molecule has 1 saturated heterocycles. The molecule has 0 saturated carbocycles. The maximum Gasteiger partial charge on any atom is 0.407 e. The Balaban J connectivity index is 1.35. The highest BCUT2D eigenvalue weighted by atomic mass is 32.2. The van der Waals surface area contributed by atoms with Crippen molar-refractivity contribution in [2.45, 2.75) is 55.8 Å². The molecule has 0 spiro atoms. The minimum absolute atomic E-state index is 0.00238. The number of sulfonamides is 1. The van der Waals surface area contributed by atoms with Gasteiger partial charge < -0.3 is 10.0 Å². The average molecular weight is 616 g/mol. The Morgan fingerprint density at radius 1 is 0.818 bits per heavy atom. The van der Waals surface area contributed by atoms with Gasteiger partial charge in [0.2, 0.25) is 0 Å². The number of amides is 1. The molecule has 9 heteroatoms. The topological polar surface area (TPSA) is 81.2 Å². The smallest absolute Gasteiger partial charge is 0.407 e. The molecule has 0 radical (unpaired) electrons. The van der Waals surface area contributed by atoms with Crippen LogP contribution in [0.2, 0.25) is 0 Å². The quantitative estimate of drug-likeness (QED) is 0.185. The number of hydrogen-bond donors (Lipinski definition) is 1. The summed E-state index contributed by atoms with van der Waals surface area (Å²) in [5.74, 6) is -0.515. The molecule has 5 rings (SSSR count). The van der Waals surface area contributed by atoms with E-state index in [1.807, 2.05) is 42.5 Å². The van der Waals surface area contributed by atoms with E-state index in [0.717, 1.165) is 38.2 Å². The second-order valence-electron chi connectivity index (χ2n) is 11.2. The lowest BCUT2D eigenvalue weighted by Crippen LogP contribution is -2.53. The van der Waals surface area contributed by atoms with Gasteiger partial charge in [0, 0.05) is 31.7 Å². The molecule has 1 heterocycles. The molecule has 0 aromatic heterocycles. The van der Waals surface area contributed by atoms with E-state index < -0.39 is 28.0 Å². The first-order valence-corrected chi connectivity index (χ1v) is 16.4. The largest absolute Gasteiger partial charge is 0.465 e. The number of halogens is 1. The number of carboxylic acid groups (broad SMARTS) is 1. The SMILES string of the molecule is O=C(O)N1CC[C@H](N(c2ccccc2)S(=O)(=O)c2ccc(F)cc2)CC1CCCN(Cc1ccccc1)Cc1ccccc1. The van der Waals surface area contributed by atoms with Crippen molar-refractivity contribution in [2.75, 3.05) is 17.4 Å². The third kappa shape index (κ3) is 7.84. The lowest BCUT2D eigenvalue weighted by molar-refractivity contribution is 0.0957. The third-order valence-electron chi connectivity index (χ3n) is 8.16. The molecule has 1 aliphatic rings. The van der Waals surface area contributed by atoms with Crippen LogP contribution in [-0.4, -0.2) is 54.6 Å². The van der Waals surface area contributed by atoms with Gasteiger partial charge in [-0.3, -0.25) is 9.21 Å². The normalized spacial score (nSPS) is 17.0. The van der Waals surface area contributed by atoms with E-state index in [-0.39, 0.29) is 17.5 Å².